The number of H-pyrrole nitrogens is 1. The van der Waals surface area contributed by atoms with Crippen LogP contribution in [0.15, 0.2) is 48.5 Å². The van der Waals surface area contributed by atoms with Crippen molar-refractivity contribution >= 4 is 40.0 Å². The van der Waals surface area contributed by atoms with Crippen molar-refractivity contribution in [1.29, 1.82) is 5.26 Å². The van der Waals surface area contributed by atoms with Crippen LogP contribution < -0.4 is 9.88 Å². The number of hydrogen-bond acceptors (Lipinski definition) is 2. The number of allylic oxidation sites excluding steroid dienone is 1. The minimum atomic E-state index is 0.634. The van der Waals surface area contributed by atoms with E-state index in [0.717, 1.165) is 40.9 Å². The summed E-state index contributed by atoms with van der Waals surface area (Å²) in [6.07, 6.45) is 5.67. The molecule has 1 aliphatic heterocycles. The second-order valence-corrected chi connectivity index (χ2v) is 7.82. The van der Waals surface area contributed by atoms with Gasteiger partial charge in [-0.3, -0.25) is 4.90 Å². The Balaban J connectivity index is 1.86. The number of rotatable bonds is 3. The quantitative estimate of drug-likeness (QED) is 0.542. The molecule has 2 heterocycles. The maximum atomic E-state index is 9.79. The number of hydrogen-bond donors (Lipinski definition) is 0. The molecule has 4 heteroatoms. The third kappa shape index (κ3) is 3.88. The first-order valence-electron chi connectivity index (χ1n) is 9.73. The van der Waals surface area contributed by atoms with Crippen LogP contribution in [0, 0.1) is 18.3 Å². The van der Waals surface area contributed by atoms with Crippen molar-refractivity contribution < 1.29 is 4.98 Å². The van der Waals surface area contributed by atoms with Gasteiger partial charge in [-0.15, -0.1) is 0 Å². The van der Waals surface area contributed by atoms with Gasteiger partial charge in [-0.2, -0.15) is 5.26 Å². The molecule has 0 amide bonds. The first-order chi connectivity index (χ1) is 13.6. The lowest BCUT2D eigenvalue weighted by Gasteiger charge is -2.22. The summed E-state index contributed by atoms with van der Waals surface area (Å²) in [5, 5.41) is 11.6. The van der Waals surface area contributed by atoms with E-state index < -0.39 is 0 Å². The van der Waals surface area contributed by atoms with Crippen LogP contribution >= 0.6 is 11.6 Å². The standard InChI is InChI=1S/C24H22ClN3/c1-17-5-6-19-14-20(15-21(16-26)18-7-9-22(25)10-8-18)24(27-23(19)13-17)28-11-3-2-4-12-28/h5-10,13-15H,2-4,11-12H2,1H3/p+1/b21-15-. The molecule has 1 aliphatic rings. The van der Waals surface area contributed by atoms with E-state index in [1.165, 1.54) is 24.8 Å². The van der Waals surface area contributed by atoms with Gasteiger partial charge in [-0.05, 0) is 67.7 Å². The predicted octanol–water partition coefficient (Wildman–Crippen LogP) is 5.67. The number of aryl methyl sites for hydroxylation is 1. The molecule has 4 rings (SSSR count). The molecule has 0 bridgehead atoms. The van der Waals surface area contributed by atoms with E-state index in [2.05, 4.69) is 47.1 Å². The molecule has 0 aliphatic carbocycles. The van der Waals surface area contributed by atoms with E-state index in [4.69, 9.17) is 11.6 Å². The van der Waals surface area contributed by atoms with Crippen LogP contribution in [0.3, 0.4) is 0 Å². The summed E-state index contributed by atoms with van der Waals surface area (Å²) in [7, 11) is 0. The number of fused-ring (bicyclic) bond motifs is 1. The summed E-state index contributed by atoms with van der Waals surface area (Å²) in [4.78, 5) is 6.06. The van der Waals surface area contributed by atoms with Gasteiger partial charge < -0.3 is 0 Å². The van der Waals surface area contributed by atoms with Gasteiger partial charge in [-0.1, -0.05) is 35.9 Å². The summed E-state index contributed by atoms with van der Waals surface area (Å²) >= 11 is 6.01. The SMILES string of the molecule is Cc1ccc2cc(/C=C(/C#N)c3ccc(Cl)cc3)c(N3CCCCC3)[nH+]c2c1. The van der Waals surface area contributed by atoms with Crippen molar-refractivity contribution in [3.05, 3.63) is 70.2 Å². The van der Waals surface area contributed by atoms with Gasteiger partial charge >= 0.3 is 0 Å². The molecule has 28 heavy (non-hydrogen) atoms. The van der Waals surface area contributed by atoms with Crippen LogP contribution in [-0.4, -0.2) is 13.1 Å². The Morgan fingerprint density at radius 2 is 1.82 bits per heavy atom. The van der Waals surface area contributed by atoms with E-state index in [1.54, 1.807) is 0 Å². The van der Waals surface area contributed by atoms with Gasteiger partial charge in [0, 0.05) is 10.4 Å². The molecule has 0 spiro atoms. The number of halogens is 1. The number of aromatic amines is 1. The predicted molar refractivity (Wildman–Crippen MR) is 116 cm³/mol. The Morgan fingerprint density at radius 1 is 1.07 bits per heavy atom. The molecule has 0 unspecified atom stereocenters. The van der Waals surface area contributed by atoms with Gasteiger partial charge in [0.25, 0.3) is 5.82 Å². The largest absolute Gasteiger partial charge is 0.282 e. The van der Waals surface area contributed by atoms with Gasteiger partial charge in [0.05, 0.1) is 30.3 Å². The molecule has 0 atom stereocenters. The number of piperidine rings is 1. The van der Waals surface area contributed by atoms with Crippen LogP contribution in [0.5, 0.6) is 0 Å². The minimum Gasteiger partial charge on any atom is -0.261 e. The Labute approximate surface area is 170 Å². The number of pyridine rings is 1. The highest BCUT2D eigenvalue weighted by atomic mass is 35.5. The maximum absolute atomic E-state index is 9.79. The van der Waals surface area contributed by atoms with Crippen molar-refractivity contribution in [2.75, 3.05) is 18.0 Å². The lowest BCUT2D eigenvalue weighted by Crippen LogP contribution is -2.34. The van der Waals surface area contributed by atoms with Crippen molar-refractivity contribution in [3.63, 3.8) is 0 Å². The molecule has 1 aromatic heterocycles. The number of aromatic nitrogens is 1. The van der Waals surface area contributed by atoms with E-state index in [0.29, 0.717) is 10.6 Å². The monoisotopic (exact) mass is 388 g/mol. The Kier molecular flexibility index (Phi) is 5.32. The average Bonchev–Trinajstić information content (AvgIpc) is 2.73. The van der Waals surface area contributed by atoms with E-state index in [9.17, 15) is 5.26 Å². The van der Waals surface area contributed by atoms with Crippen LogP contribution in [0.4, 0.5) is 5.82 Å². The zero-order chi connectivity index (χ0) is 19.5. The summed E-state index contributed by atoms with van der Waals surface area (Å²) in [6.45, 7) is 4.19. The van der Waals surface area contributed by atoms with Crippen LogP contribution in [0.2, 0.25) is 5.02 Å². The number of benzene rings is 2. The molecule has 1 fully saturated rings. The molecule has 0 radical (unpaired) electrons. The van der Waals surface area contributed by atoms with Crippen molar-refractivity contribution in [2.24, 2.45) is 0 Å². The Morgan fingerprint density at radius 3 is 2.54 bits per heavy atom. The topological polar surface area (TPSA) is 41.2 Å². The number of nitrogens with one attached hydrogen (secondary N) is 1. The second-order valence-electron chi connectivity index (χ2n) is 7.39. The van der Waals surface area contributed by atoms with E-state index in [1.807, 2.05) is 30.3 Å². The van der Waals surface area contributed by atoms with Crippen molar-refractivity contribution in [1.82, 2.24) is 0 Å². The summed E-state index contributed by atoms with van der Waals surface area (Å²) in [6, 6.07) is 18.4. The molecule has 2 aromatic carbocycles. The summed E-state index contributed by atoms with van der Waals surface area (Å²) < 4.78 is 0. The fourth-order valence-corrected chi connectivity index (χ4v) is 3.92. The fourth-order valence-electron chi connectivity index (χ4n) is 3.79. The highest BCUT2D eigenvalue weighted by Crippen LogP contribution is 2.28. The number of anilines is 1. The second kappa shape index (κ2) is 8.04. The third-order valence-corrected chi connectivity index (χ3v) is 5.55. The molecular formula is C24H23ClN3+. The first-order valence-corrected chi connectivity index (χ1v) is 10.1. The lowest BCUT2D eigenvalue weighted by molar-refractivity contribution is -0.331. The Bertz CT molecular complexity index is 1070. The van der Waals surface area contributed by atoms with Gasteiger partial charge in [0.2, 0.25) is 0 Å². The Hall–Kier alpha value is -2.83. The molecule has 140 valence electrons. The zero-order valence-electron chi connectivity index (χ0n) is 16.0. The zero-order valence-corrected chi connectivity index (χ0v) is 16.8. The normalized spacial score (nSPS) is 14.9. The summed E-state index contributed by atoms with van der Waals surface area (Å²) in [5.41, 5.74) is 4.92. The van der Waals surface area contributed by atoms with Crippen molar-refractivity contribution in [2.45, 2.75) is 26.2 Å². The smallest absolute Gasteiger partial charge is 0.261 e. The van der Waals surface area contributed by atoms with Gasteiger partial charge in [-0.25, -0.2) is 4.98 Å². The highest BCUT2D eigenvalue weighted by Gasteiger charge is 2.23. The summed E-state index contributed by atoms with van der Waals surface area (Å²) in [5.74, 6) is 1.10. The van der Waals surface area contributed by atoms with Gasteiger partial charge in [0.15, 0.2) is 0 Å². The third-order valence-electron chi connectivity index (χ3n) is 5.29. The van der Waals surface area contributed by atoms with E-state index >= 15 is 0 Å². The van der Waals surface area contributed by atoms with Crippen LogP contribution in [-0.2, 0) is 0 Å². The van der Waals surface area contributed by atoms with E-state index in [-0.39, 0.29) is 0 Å². The molecule has 3 nitrogen and oxygen atoms in total. The first kappa shape index (κ1) is 18.5. The molecule has 1 saturated heterocycles. The minimum absolute atomic E-state index is 0.634. The maximum Gasteiger partial charge on any atom is 0.282 e. The molecule has 0 saturated carbocycles. The van der Waals surface area contributed by atoms with Gasteiger partial charge in [0.1, 0.15) is 5.52 Å². The van der Waals surface area contributed by atoms with Crippen LogP contribution in [0.1, 0.15) is 36.0 Å². The van der Waals surface area contributed by atoms with Crippen LogP contribution in [0.25, 0.3) is 22.6 Å². The van der Waals surface area contributed by atoms with Crippen molar-refractivity contribution in [3.8, 4) is 6.07 Å². The number of nitrogens with zero attached hydrogens (tertiary/aromatic N) is 2. The fraction of sp³-hybridized carbons (Fsp3) is 0.250. The highest BCUT2D eigenvalue weighted by molar-refractivity contribution is 6.30. The lowest BCUT2D eigenvalue weighted by atomic mass is 10.0. The molecule has 1 N–H and O–H groups in total. The molecular weight excluding hydrogens is 366 g/mol. The molecule has 3 aromatic rings. The number of nitriles is 1. The average molecular weight is 389 g/mol.